The largest absolute Gasteiger partial charge is 0.493 e. The van der Waals surface area contributed by atoms with Crippen molar-refractivity contribution in [2.75, 3.05) is 6.61 Å². The van der Waals surface area contributed by atoms with Gasteiger partial charge in [0.25, 0.3) is 0 Å². The van der Waals surface area contributed by atoms with Crippen LogP contribution in [-0.2, 0) is 0 Å². The summed E-state index contributed by atoms with van der Waals surface area (Å²) >= 11 is 5.54. The van der Waals surface area contributed by atoms with Crippen molar-refractivity contribution in [1.29, 1.82) is 0 Å². The van der Waals surface area contributed by atoms with Crippen molar-refractivity contribution in [1.82, 2.24) is 0 Å². The lowest BCUT2D eigenvalue weighted by Gasteiger charge is -2.05. The van der Waals surface area contributed by atoms with Gasteiger partial charge in [0.2, 0.25) is 0 Å². The number of ether oxygens (including phenoxy) is 1. The Hall–Kier alpha value is -1.49. The van der Waals surface area contributed by atoms with E-state index in [1.165, 1.54) is 18.2 Å². The molecule has 0 atom stereocenters. The normalized spacial score (nSPS) is 11.5. The van der Waals surface area contributed by atoms with Gasteiger partial charge in [0.15, 0.2) is 0 Å². The van der Waals surface area contributed by atoms with Crippen molar-refractivity contribution in [2.24, 2.45) is 10.9 Å². The minimum atomic E-state index is -0.500. The number of nitrogens with zero attached hydrogens (tertiary/aromatic N) is 1. The first-order valence-corrected chi connectivity index (χ1v) is 4.55. The highest BCUT2D eigenvalue weighted by atomic mass is 35.5. The fraction of sp³-hybridized carbons (Fsp3) is 0.222. The van der Waals surface area contributed by atoms with Crippen LogP contribution in [0.5, 0.6) is 5.75 Å². The summed E-state index contributed by atoms with van der Waals surface area (Å²) in [5.74, 6) is 0.01000. The summed E-state index contributed by atoms with van der Waals surface area (Å²) in [4.78, 5) is 0. The summed E-state index contributed by atoms with van der Waals surface area (Å²) in [6, 6.07) is 4.03. The van der Waals surface area contributed by atoms with Gasteiger partial charge in [0.05, 0.1) is 11.6 Å². The van der Waals surface area contributed by atoms with Crippen LogP contribution in [0, 0.1) is 5.82 Å². The third-order valence-corrected chi connectivity index (χ3v) is 1.94. The van der Waals surface area contributed by atoms with Crippen LogP contribution in [-0.4, -0.2) is 17.6 Å². The molecule has 0 unspecified atom stereocenters. The Bertz CT molecular complexity index is 371. The number of halogens is 2. The van der Waals surface area contributed by atoms with Gasteiger partial charge >= 0.3 is 0 Å². The molecule has 0 aliphatic rings. The molecular weight excluding hydrogens is 223 g/mol. The van der Waals surface area contributed by atoms with Gasteiger partial charge in [-0.15, -0.1) is 0 Å². The zero-order valence-electron chi connectivity index (χ0n) is 7.78. The standard InChI is InChI=1S/C9H10ClFN2O2/c10-7-5-6(1-2-8(7)11)15-4-3-9(12)13-14/h1-2,5,14H,3-4H2,(H2,12,13). The summed E-state index contributed by atoms with van der Waals surface area (Å²) in [5, 5.41) is 11.0. The molecule has 0 bridgehead atoms. The van der Waals surface area contributed by atoms with Gasteiger partial charge in [-0.2, -0.15) is 0 Å². The van der Waals surface area contributed by atoms with Gasteiger partial charge in [-0.25, -0.2) is 4.39 Å². The van der Waals surface area contributed by atoms with Gasteiger partial charge in [-0.05, 0) is 12.1 Å². The molecule has 0 spiro atoms. The molecule has 1 rings (SSSR count). The number of oxime groups is 1. The summed E-state index contributed by atoms with van der Waals surface area (Å²) in [5.41, 5.74) is 5.23. The van der Waals surface area contributed by atoms with E-state index in [0.717, 1.165) is 0 Å². The molecule has 0 aliphatic carbocycles. The Morgan fingerprint density at radius 1 is 1.60 bits per heavy atom. The van der Waals surface area contributed by atoms with Gasteiger partial charge in [0, 0.05) is 12.5 Å². The van der Waals surface area contributed by atoms with Crippen molar-refractivity contribution < 1.29 is 14.3 Å². The fourth-order valence-electron chi connectivity index (χ4n) is 0.890. The summed E-state index contributed by atoms with van der Waals surface area (Å²) < 4.78 is 17.9. The highest BCUT2D eigenvalue weighted by Gasteiger charge is 2.01. The van der Waals surface area contributed by atoms with E-state index in [9.17, 15) is 4.39 Å². The second-order valence-electron chi connectivity index (χ2n) is 2.77. The van der Waals surface area contributed by atoms with Gasteiger partial charge in [-0.3, -0.25) is 0 Å². The molecule has 0 radical (unpaired) electrons. The van der Waals surface area contributed by atoms with Crippen molar-refractivity contribution in [3.05, 3.63) is 29.0 Å². The molecule has 3 N–H and O–H groups in total. The molecule has 6 heteroatoms. The first-order valence-electron chi connectivity index (χ1n) is 4.17. The Morgan fingerprint density at radius 2 is 2.33 bits per heavy atom. The predicted octanol–water partition coefficient (Wildman–Crippen LogP) is 1.99. The maximum atomic E-state index is 12.7. The number of benzene rings is 1. The van der Waals surface area contributed by atoms with Gasteiger partial charge < -0.3 is 15.7 Å². The molecule has 0 aliphatic heterocycles. The number of hydrogen-bond acceptors (Lipinski definition) is 3. The Balaban J connectivity index is 2.48. The van der Waals surface area contributed by atoms with E-state index in [0.29, 0.717) is 5.75 Å². The monoisotopic (exact) mass is 232 g/mol. The average molecular weight is 233 g/mol. The molecule has 0 heterocycles. The Kier molecular flexibility index (Phi) is 4.17. The molecule has 0 amide bonds. The minimum Gasteiger partial charge on any atom is -0.493 e. The summed E-state index contributed by atoms with van der Waals surface area (Å²) in [6.45, 7) is 0.234. The fourth-order valence-corrected chi connectivity index (χ4v) is 1.06. The molecule has 0 saturated heterocycles. The van der Waals surface area contributed by atoms with Crippen molar-refractivity contribution in [3.63, 3.8) is 0 Å². The molecule has 0 saturated carbocycles. The number of amidine groups is 1. The van der Waals surface area contributed by atoms with E-state index < -0.39 is 5.82 Å². The highest BCUT2D eigenvalue weighted by molar-refractivity contribution is 6.30. The van der Waals surface area contributed by atoms with E-state index in [-0.39, 0.29) is 23.9 Å². The first kappa shape index (κ1) is 11.6. The van der Waals surface area contributed by atoms with Crippen LogP contribution in [0.25, 0.3) is 0 Å². The number of rotatable bonds is 4. The van der Waals surface area contributed by atoms with Crippen LogP contribution in [0.15, 0.2) is 23.4 Å². The van der Waals surface area contributed by atoms with Gasteiger partial charge in [-0.1, -0.05) is 16.8 Å². The maximum Gasteiger partial charge on any atom is 0.142 e. The first-order chi connectivity index (χ1) is 7.13. The molecule has 82 valence electrons. The second-order valence-corrected chi connectivity index (χ2v) is 3.17. The van der Waals surface area contributed by atoms with Crippen LogP contribution in [0.1, 0.15) is 6.42 Å². The van der Waals surface area contributed by atoms with Crippen molar-refractivity contribution in [3.8, 4) is 5.75 Å². The molecule has 1 aromatic carbocycles. The van der Waals surface area contributed by atoms with E-state index in [2.05, 4.69) is 5.16 Å². The average Bonchev–Trinajstić information content (AvgIpc) is 2.23. The zero-order valence-corrected chi connectivity index (χ0v) is 8.54. The number of hydrogen-bond donors (Lipinski definition) is 2. The second kappa shape index (κ2) is 5.41. The molecular formula is C9H10ClFN2O2. The van der Waals surface area contributed by atoms with E-state index in [4.69, 9.17) is 27.3 Å². The van der Waals surface area contributed by atoms with E-state index in [1.54, 1.807) is 0 Å². The predicted molar refractivity (Wildman–Crippen MR) is 54.9 cm³/mol. The smallest absolute Gasteiger partial charge is 0.142 e. The highest BCUT2D eigenvalue weighted by Crippen LogP contribution is 2.20. The molecule has 0 fully saturated rings. The third-order valence-electron chi connectivity index (χ3n) is 1.65. The quantitative estimate of drug-likeness (QED) is 0.361. The lowest BCUT2D eigenvalue weighted by molar-refractivity contribution is 0.305. The van der Waals surface area contributed by atoms with Crippen molar-refractivity contribution >= 4 is 17.4 Å². The van der Waals surface area contributed by atoms with Crippen LogP contribution in [0.3, 0.4) is 0 Å². The minimum absolute atomic E-state index is 0.00343. The molecule has 15 heavy (non-hydrogen) atoms. The van der Waals surface area contributed by atoms with Crippen LogP contribution in [0.2, 0.25) is 5.02 Å². The maximum absolute atomic E-state index is 12.7. The van der Waals surface area contributed by atoms with E-state index >= 15 is 0 Å². The molecule has 4 nitrogen and oxygen atoms in total. The molecule has 1 aromatic rings. The van der Waals surface area contributed by atoms with Crippen LogP contribution < -0.4 is 10.5 Å². The Morgan fingerprint density at radius 3 is 2.93 bits per heavy atom. The van der Waals surface area contributed by atoms with E-state index in [1.807, 2.05) is 0 Å². The lowest BCUT2D eigenvalue weighted by atomic mass is 10.3. The zero-order chi connectivity index (χ0) is 11.3. The van der Waals surface area contributed by atoms with Crippen LogP contribution >= 0.6 is 11.6 Å². The SMILES string of the molecule is NC(CCOc1ccc(F)c(Cl)c1)=NO. The Labute approximate surface area is 91.1 Å². The summed E-state index contributed by atoms with van der Waals surface area (Å²) in [7, 11) is 0. The topological polar surface area (TPSA) is 67.8 Å². The molecule has 0 aromatic heterocycles. The lowest BCUT2D eigenvalue weighted by Crippen LogP contribution is -2.15. The third kappa shape index (κ3) is 3.63. The van der Waals surface area contributed by atoms with Crippen LogP contribution in [0.4, 0.5) is 4.39 Å². The number of nitrogens with two attached hydrogens (primary N) is 1. The summed E-state index contributed by atoms with van der Waals surface area (Å²) in [6.07, 6.45) is 0.283. The van der Waals surface area contributed by atoms with Crippen molar-refractivity contribution in [2.45, 2.75) is 6.42 Å². The van der Waals surface area contributed by atoms with Gasteiger partial charge in [0.1, 0.15) is 17.4 Å².